The zero-order chi connectivity index (χ0) is 15.7. The van der Waals surface area contributed by atoms with Crippen LogP contribution in [0.15, 0.2) is 18.2 Å². The van der Waals surface area contributed by atoms with Gasteiger partial charge >= 0.3 is 0 Å². The number of halogens is 1. The predicted molar refractivity (Wildman–Crippen MR) is 82.2 cm³/mol. The average Bonchev–Trinajstić information content (AvgIpc) is 3.27. The molecule has 1 aromatic heterocycles. The summed E-state index contributed by atoms with van der Waals surface area (Å²) in [7, 11) is 1.52. The largest absolute Gasteiger partial charge is 0.380 e. The number of nitriles is 1. The molecule has 1 fully saturated rings. The molecule has 114 valence electrons. The Morgan fingerprint density at radius 2 is 2.32 bits per heavy atom. The summed E-state index contributed by atoms with van der Waals surface area (Å²) in [4.78, 5) is 14.9. The van der Waals surface area contributed by atoms with Crippen molar-refractivity contribution < 1.29 is 13.9 Å². The van der Waals surface area contributed by atoms with E-state index < -0.39 is 0 Å². The molecule has 0 saturated heterocycles. The van der Waals surface area contributed by atoms with Crippen LogP contribution < -0.4 is 0 Å². The summed E-state index contributed by atoms with van der Waals surface area (Å²) < 4.78 is 20.0. The fourth-order valence-electron chi connectivity index (χ4n) is 2.58. The molecule has 3 rings (SSSR count). The molecule has 1 aliphatic rings. The Morgan fingerprint density at radius 3 is 2.95 bits per heavy atom. The number of carbonyl (C=O) groups excluding carboxylic acids is 1. The normalized spacial score (nSPS) is 14.0. The van der Waals surface area contributed by atoms with Gasteiger partial charge in [-0.2, -0.15) is 5.26 Å². The van der Waals surface area contributed by atoms with Gasteiger partial charge < -0.3 is 9.64 Å². The highest BCUT2D eigenvalue weighted by atomic mass is 32.1. The highest BCUT2D eigenvalue weighted by Gasteiger charge is 2.35. The molecule has 4 nitrogen and oxygen atoms in total. The van der Waals surface area contributed by atoms with Gasteiger partial charge in [0.2, 0.25) is 0 Å². The zero-order valence-electron chi connectivity index (χ0n) is 12.1. The molecule has 1 aromatic carbocycles. The Morgan fingerprint density at radius 1 is 1.55 bits per heavy atom. The fourth-order valence-corrected chi connectivity index (χ4v) is 3.76. The number of carbonyl (C=O) groups is 1. The maximum atomic E-state index is 14.1. The van der Waals surface area contributed by atoms with Crippen molar-refractivity contribution in [3.05, 3.63) is 34.5 Å². The van der Waals surface area contributed by atoms with Crippen LogP contribution in [-0.2, 0) is 11.3 Å². The van der Waals surface area contributed by atoms with Gasteiger partial charge in [0.25, 0.3) is 5.91 Å². The SMILES string of the molecule is COCc1c(C(=O)N(CC#N)C2CC2)sc2cccc(F)c12. The number of hydrogen-bond acceptors (Lipinski definition) is 4. The van der Waals surface area contributed by atoms with E-state index in [2.05, 4.69) is 0 Å². The molecule has 0 N–H and O–H groups in total. The maximum absolute atomic E-state index is 14.1. The maximum Gasteiger partial charge on any atom is 0.265 e. The number of hydrogen-bond donors (Lipinski definition) is 0. The minimum Gasteiger partial charge on any atom is -0.380 e. The Bertz CT molecular complexity index is 761. The number of amides is 1. The van der Waals surface area contributed by atoms with Crippen LogP contribution in [0.3, 0.4) is 0 Å². The molecular weight excluding hydrogens is 303 g/mol. The van der Waals surface area contributed by atoms with E-state index in [0.717, 1.165) is 17.5 Å². The van der Waals surface area contributed by atoms with Crippen molar-refractivity contribution in [3.63, 3.8) is 0 Å². The number of rotatable bonds is 5. The molecule has 1 amide bonds. The van der Waals surface area contributed by atoms with Crippen LogP contribution in [0.25, 0.3) is 10.1 Å². The minimum atomic E-state index is -0.349. The summed E-state index contributed by atoms with van der Waals surface area (Å²) in [6.07, 6.45) is 1.85. The molecule has 1 saturated carbocycles. The van der Waals surface area contributed by atoms with Gasteiger partial charge in [0.05, 0.1) is 17.6 Å². The summed E-state index contributed by atoms with van der Waals surface area (Å²) in [5, 5.41) is 9.39. The third-order valence-electron chi connectivity index (χ3n) is 3.74. The number of methoxy groups -OCH3 is 1. The second kappa shape index (κ2) is 6.03. The Labute approximate surface area is 131 Å². The number of ether oxygens (including phenoxy) is 1. The number of nitrogens with zero attached hydrogens (tertiary/aromatic N) is 2. The van der Waals surface area contributed by atoms with Crippen LogP contribution in [0.4, 0.5) is 4.39 Å². The standard InChI is InChI=1S/C16H15FN2O2S/c1-21-9-11-14-12(17)3-2-4-13(14)22-15(11)16(20)19(8-7-18)10-5-6-10/h2-4,10H,5-6,8-9H2,1H3. The summed E-state index contributed by atoms with van der Waals surface area (Å²) >= 11 is 1.26. The number of benzene rings is 1. The molecular formula is C16H15FN2O2S. The van der Waals surface area contributed by atoms with Crippen LogP contribution in [0.1, 0.15) is 28.1 Å². The van der Waals surface area contributed by atoms with Crippen molar-refractivity contribution in [2.75, 3.05) is 13.7 Å². The van der Waals surface area contributed by atoms with Crippen molar-refractivity contribution in [1.82, 2.24) is 4.90 Å². The molecule has 22 heavy (non-hydrogen) atoms. The molecule has 2 aromatic rings. The molecule has 0 aliphatic heterocycles. The number of thiophene rings is 1. The van der Waals surface area contributed by atoms with E-state index >= 15 is 0 Å². The van der Waals surface area contributed by atoms with E-state index in [1.54, 1.807) is 17.0 Å². The highest BCUT2D eigenvalue weighted by molar-refractivity contribution is 7.21. The Balaban J connectivity index is 2.09. The second-order valence-electron chi connectivity index (χ2n) is 5.28. The van der Waals surface area contributed by atoms with Crippen LogP contribution in [0, 0.1) is 17.1 Å². The summed E-state index contributed by atoms with van der Waals surface area (Å²) in [5.74, 6) is -0.546. The zero-order valence-corrected chi connectivity index (χ0v) is 13.0. The molecule has 0 spiro atoms. The predicted octanol–water partition coefficient (Wildman–Crippen LogP) is 3.31. The first-order chi connectivity index (χ1) is 10.7. The molecule has 0 atom stereocenters. The second-order valence-corrected chi connectivity index (χ2v) is 6.33. The van der Waals surface area contributed by atoms with Gasteiger partial charge in [0, 0.05) is 28.8 Å². The van der Waals surface area contributed by atoms with Crippen molar-refractivity contribution in [1.29, 1.82) is 5.26 Å². The molecule has 0 bridgehead atoms. The van der Waals surface area contributed by atoms with Gasteiger partial charge in [-0.1, -0.05) is 6.07 Å². The third kappa shape index (κ3) is 2.58. The lowest BCUT2D eigenvalue weighted by atomic mass is 10.1. The van der Waals surface area contributed by atoms with E-state index in [-0.39, 0.29) is 30.9 Å². The van der Waals surface area contributed by atoms with Gasteiger partial charge in [0.1, 0.15) is 12.4 Å². The summed E-state index contributed by atoms with van der Waals surface area (Å²) in [6, 6.07) is 6.99. The highest BCUT2D eigenvalue weighted by Crippen LogP contribution is 2.36. The van der Waals surface area contributed by atoms with Crippen molar-refractivity contribution >= 4 is 27.3 Å². The van der Waals surface area contributed by atoms with Crippen molar-refractivity contribution in [2.45, 2.75) is 25.5 Å². The van der Waals surface area contributed by atoms with Gasteiger partial charge in [-0.15, -0.1) is 11.3 Å². The summed E-state index contributed by atoms with van der Waals surface area (Å²) in [6.45, 7) is 0.236. The molecule has 6 heteroatoms. The first-order valence-electron chi connectivity index (χ1n) is 7.04. The van der Waals surface area contributed by atoms with Crippen molar-refractivity contribution in [2.24, 2.45) is 0 Å². The Kier molecular flexibility index (Phi) is 4.10. The molecule has 0 unspecified atom stereocenters. The van der Waals surface area contributed by atoms with E-state index in [4.69, 9.17) is 10.00 Å². The summed E-state index contributed by atoms with van der Waals surface area (Å²) in [5.41, 5.74) is 0.578. The fraction of sp³-hybridized carbons (Fsp3) is 0.375. The quantitative estimate of drug-likeness (QED) is 0.795. The third-order valence-corrected chi connectivity index (χ3v) is 4.92. The first kappa shape index (κ1) is 14.9. The van der Waals surface area contributed by atoms with Crippen LogP contribution in [0.5, 0.6) is 0 Å². The van der Waals surface area contributed by atoms with Crippen LogP contribution in [-0.4, -0.2) is 30.5 Å². The molecule has 1 heterocycles. The lowest BCUT2D eigenvalue weighted by Gasteiger charge is -2.18. The van der Waals surface area contributed by atoms with E-state index in [9.17, 15) is 9.18 Å². The van der Waals surface area contributed by atoms with Gasteiger partial charge in [-0.25, -0.2) is 4.39 Å². The Hall–Kier alpha value is -1.97. The lowest BCUT2D eigenvalue weighted by Crippen LogP contribution is -2.33. The van der Waals surface area contributed by atoms with E-state index in [1.165, 1.54) is 24.5 Å². The average molecular weight is 318 g/mol. The van der Waals surface area contributed by atoms with Gasteiger partial charge in [0.15, 0.2) is 0 Å². The van der Waals surface area contributed by atoms with Crippen molar-refractivity contribution in [3.8, 4) is 6.07 Å². The molecule has 1 aliphatic carbocycles. The smallest absolute Gasteiger partial charge is 0.265 e. The van der Waals surface area contributed by atoms with Crippen LogP contribution >= 0.6 is 11.3 Å². The van der Waals surface area contributed by atoms with Gasteiger partial charge in [-0.05, 0) is 25.0 Å². The van der Waals surface area contributed by atoms with E-state index in [0.29, 0.717) is 15.8 Å². The molecule has 0 radical (unpaired) electrons. The monoisotopic (exact) mass is 318 g/mol. The minimum absolute atomic E-state index is 0.0622. The van der Waals surface area contributed by atoms with Crippen LogP contribution in [0.2, 0.25) is 0 Å². The number of fused-ring (bicyclic) bond motifs is 1. The topological polar surface area (TPSA) is 53.3 Å². The first-order valence-corrected chi connectivity index (χ1v) is 7.85. The van der Waals surface area contributed by atoms with E-state index in [1.807, 2.05) is 6.07 Å². The van der Waals surface area contributed by atoms with Gasteiger partial charge in [-0.3, -0.25) is 4.79 Å². The lowest BCUT2D eigenvalue weighted by molar-refractivity contribution is 0.0765.